The Balaban J connectivity index is 1.88. The second-order valence-corrected chi connectivity index (χ2v) is 5.31. The van der Waals surface area contributed by atoms with Crippen LogP contribution in [0.25, 0.3) is 0 Å². The molecule has 0 aromatic heterocycles. The topological polar surface area (TPSA) is 38.3 Å². The normalized spacial score (nSPS) is 11.8. The van der Waals surface area contributed by atoms with E-state index in [4.69, 9.17) is 16.3 Å². The van der Waals surface area contributed by atoms with Gasteiger partial charge >= 0.3 is 0 Å². The van der Waals surface area contributed by atoms with Gasteiger partial charge in [0.1, 0.15) is 5.75 Å². The van der Waals surface area contributed by atoms with Gasteiger partial charge in [-0.2, -0.15) is 0 Å². The zero-order valence-electron chi connectivity index (χ0n) is 12.1. The number of hydrogen-bond acceptors (Lipinski definition) is 2. The lowest BCUT2D eigenvalue weighted by atomic mass is 10.2. The fraction of sp³-hybridized carbons (Fsp3) is 0.235. The van der Waals surface area contributed by atoms with Crippen molar-refractivity contribution < 1.29 is 9.53 Å². The summed E-state index contributed by atoms with van der Waals surface area (Å²) in [5.41, 5.74) is 2.01. The number of para-hydroxylation sites is 1. The second-order valence-electron chi connectivity index (χ2n) is 4.87. The summed E-state index contributed by atoms with van der Waals surface area (Å²) in [6, 6.07) is 15.0. The SMILES string of the molecule is Cc1ccccc1O[C@@H](C)C(=O)NCc1ccc(Cl)cc1. The fourth-order valence-corrected chi connectivity index (χ4v) is 1.99. The molecule has 1 amide bonds. The van der Waals surface area contributed by atoms with E-state index in [0.29, 0.717) is 11.6 Å². The molecule has 0 saturated heterocycles. The number of benzene rings is 2. The molecule has 1 atom stereocenters. The highest BCUT2D eigenvalue weighted by molar-refractivity contribution is 6.30. The van der Waals surface area contributed by atoms with Crippen molar-refractivity contribution in [3.05, 3.63) is 64.7 Å². The lowest BCUT2D eigenvalue weighted by molar-refractivity contribution is -0.127. The molecule has 0 radical (unpaired) electrons. The summed E-state index contributed by atoms with van der Waals surface area (Å²) in [4.78, 5) is 12.0. The molecule has 0 saturated carbocycles. The first-order valence-corrected chi connectivity index (χ1v) is 7.18. The summed E-state index contributed by atoms with van der Waals surface area (Å²) < 4.78 is 5.68. The predicted octanol–water partition coefficient (Wildman–Crippen LogP) is 3.73. The van der Waals surface area contributed by atoms with Crippen LogP contribution < -0.4 is 10.1 Å². The molecular formula is C17H18ClNO2. The van der Waals surface area contributed by atoms with Gasteiger partial charge in [-0.3, -0.25) is 4.79 Å². The Labute approximate surface area is 129 Å². The van der Waals surface area contributed by atoms with E-state index < -0.39 is 6.10 Å². The molecule has 0 fully saturated rings. The summed E-state index contributed by atoms with van der Waals surface area (Å²) >= 11 is 5.82. The van der Waals surface area contributed by atoms with Gasteiger partial charge in [0.2, 0.25) is 0 Å². The Bertz CT molecular complexity index is 610. The molecule has 0 aliphatic carbocycles. The summed E-state index contributed by atoms with van der Waals surface area (Å²) in [6.07, 6.45) is -0.543. The number of aryl methyl sites for hydroxylation is 1. The number of ether oxygens (including phenoxy) is 1. The number of nitrogens with one attached hydrogen (secondary N) is 1. The van der Waals surface area contributed by atoms with Gasteiger partial charge in [-0.25, -0.2) is 0 Å². The summed E-state index contributed by atoms with van der Waals surface area (Å²) in [6.45, 7) is 4.15. The molecule has 0 aliphatic heterocycles. The molecule has 0 bridgehead atoms. The lowest BCUT2D eigenvalue weighted by Gasteiger charge is -2.16. The van der Waals surface area contributed by atoms with Gasteiger partial charge in [0.15, 0.2) is 6.10 Å². The average molecular weight is 304 g/mol. The molecule has 2 aromatic rings. The van der Waals surface area contributed by atoms with Crippen LogP contribution in [0.5, 0.6) is 5.75 Å². The molecule has 2 rings (SSSR count). The number of carbonyl (C=O) groups is 1. The Morgan fingerprint density at radius 2 is 1.86 bits per heavy atom. The maximum Gasteiger partial charge on any atom is 0.261 e. The first-order chi connectivity index (χ1) is 10.1. The van der Waals surface area contributed by atoms with Crippen molar-refractivity contribution in [2.24, 2.45) is 0 Å². The Kier molecular flexibility index (Phi) is 5.23. The third kappa shape index (κ3) is 4.50. The van der Waals surface area contributed by atoms with E-state index >= 15 is 0 Å². The van der Waals surface area contributed by atoms with Gasteiger partial charge in [-0.05, 0) is 43.2 Å². The maximum atomic E-state index is 12.0. The molecule has 4 heteroatoms. The van der Waals surface area contributed by atoms with E-state index in [1.807, 2.05) is 43.3 Å². The monoisotopic (exact) mass is 303 g/mol. The molecule has 0 spiro atoms. The van der Waals surface area contributed by atoms with E-state index in [9.17, 15) is 4.79 Å². The molecule has 0 aliphatic rings. The van der Waals surface area contributed by atoms with E-state index in [-0.39, 0.29) is 5.91 Å². The van der Waals surface area contributed by atoms with Gasteiger partial charge in [0.05, 0.1) is 0 Å². The van der Waals surface area contributed by atoms with Crippen LogP contribution in [0.1, 0.15) is 18.1 Å². The zero-order chi connectivity index (χ0) is 15.2. The lowest BCUT2D eigenvalue weighted by Crippen LogP contribution is -2.36. The van der Waals surface area contributed by atoms with Crippen LogP contribution in [-0.4, -0.2) is 12.0 Å². The highest BCUT2D eigenvalue weighted by Crippen LogP contribution is 2.17. The highest BCUT2D eigenvalue weighted by atomic mass is 35.5. The number of hydrogen-bond donors (Lipinski definition) is 1. The van der Waals surface area contributed by atoms with Crippen molar-refractivity contribution in [1.29, 1.82) is 0 Å². The standard InChI is InChI=1S/C17H18ClNO2/c1-12-5-3-4-6-16(12)21-13(2)17(20)19-11-14-7-9-15(18)10-8-14/h3-10,13H,11H2,1-2H3,(H,19,20)/t13-/m0/s1. The number of halogens is 1. The Hall–Kier alpha value is -2.00. The van der Waals surface area contributed by atoms with Crippen molar-refractivity contribution >= 4 is 17.5 Å². The van der Waals surface area contributed by atoms with E-state index in [0.717, 1.165) is 16.9 Å². The quantitative estimate of drug-likeness (QED) is 0.914. The molecule has 3 nitrogen and oxygen atoms in total. The van der Waals surface area contributed by atoms with E-state index in [2.05, 4.69) is 5.32 Å². The zero-order valence-corrected chi connectivity index (χ0v) is 12.9. The first-order valence-electron chi connectivity index (χ1n) is 6.80. The van der Waals surface area contributed by atoms with Gasteiger partial charge in [-0.15, -0.1) is 0 Å². The highest BCUT2D eigenvalue weighted by Gasteiger charge is 2.14. The second kappa shape index (κ2) is 7.14. The molecule has 110 valence electrons. The van der Waals surface area contributed by atoms with Crippen LogP contribution in [0.2, 0.25) is 5.02 Å². The summed E-state index contributed by atoms with van der Waals surface area (Å²) in [5.74, 6) is 0.583. The summed E-state index contributed by atoms with van der Waals surface area (Å²) in [5, 5.41) is 3.53. The Morgan fingerprint density at radius 3 is 2.52 bits per heavy atom. The summed E-state index contributed by atoms with van der Waals surface area (Å²) in [7, 11) is 0. The van der Waals surface area contributed by atoms with Crippen molar-refractivity contribution in [1.82, 2.24) is 5.32 Å². The number of amides is 1. The first kappa shape index (κ1) is 15.4. The third-order valence-electron chi connectivity index (χ3n) is 3.15. The van der Waals surface area contributed by atoms with Crippen LogP contribution in [-0.2, 0) is 11.3 Å². The van der Waals surface area contributed by atoms with Crippen LogP contribution in [0.15, 0.2) is 48.5 Å². The Morgan fingerprint density at radius 1 is 1.19 bits per heavy atom. The van der Waals surface area contributed by atoms with Crippen LogP contribution in [0.4, 0.5) is 0 Å². The third-order valence-corrected chi connectivity index (χ3v) is 3.40. The van der Waals surface area contributed by atoms with Crippen LogP contribution in [0, 0.1) is 6.92 Å². The number of carbonyl (C=O) groups excluding carboxylic acids is 1. The van der Waals surface area contributed by atoms with Crippen LogP contribution >= 0.6 is 11.6 Å². The minimum atomic E-state index is -0.543. The molecule has 0 unspecified atom stereocenters. The minimum absolute atomic E-state index is 0.145. The van der Waals surface area contributed by atoms with Gasteiger partial charge < -0.3 is 10.1 Å². The smallest absolute Gasteiger partial charge is 0.261 e. The van der Waals surface area contributed by atoms with Gasteiger partial charge in [0, 0.05) is 11.6 Å². The van der Waals surface area contributed by atoms with Crippen LogP contribution in [0.3, 0.4) is 0 Å². The molecule has 1 N–H and O–H groups in total. The minimum Gasteiger partial charge on any atom is -0.481 e. The van der Waals surface area contributed by atoms with E-state index in [1.54, 1.807) is 19.1 Å². The molecule has 21 heavy (non-hydrogen) atoms. The van der Waals surface area contributed by atoms with Crippen molar-refractivity contribution in [2.45, 2.75) is 26.5 Å². The number of rotatable bonds is 5. The fourth-order valence-electron chi connectivity index (χ4n) is 1.87. The largest absolute Gasteiger partial charge is 0.481 e. The molecule has 2 aromatic carbocycles. The molecular weight excluding hydrogens is 286 g/mol. The predicted molar refractivity (Wildman–Crippen MR) is 84.6 cm³/mol. The van der Waals surface area contributed by atoms with Crippen molar-refractivity contribution in [2.75, 3.05) is 0 Å². The van der Waals surface area contributed by atoms with Crippen molar-refractivity contribution in [3.8, 4) is 5.75 Å². The van der Waals surface area contributed by atoms with E-state index in [1.165, 1.54) is 0 Å². The van der Waals surface area contributed by atoms with Gasteiger partial charge in [-0.1, -0.05) is 41.9 Å². The average Bonchev–Trinajstić information content (AvgIpc) is 2.48. The maximum absolute atomic E-state index is 12.0. The molecule has 0 heterocycles. The van der Waals surface area contributed by atoms with Gasteiger partial charge in [0.25, 0.3) is 5.91 Å². The van der Waals surface area contributed by atoms with Crippen molar-refractivity contribution in [3.63, 3.8) is 0 Å².